The van der Waals surface area contributed by atoms with E-state index in [4.69, 9.17) is 0 Å². The molecule has 2 N–H and O–H groups in total. The summed E-state index contributed by atoms with van der Waals surface area (Å²) in [6.45, 7) is 1.41. The van der Waals surface area contributed by atoms with Crippen molar-refractivity contribution in [2.24, 2.45) is 13.0 Å². The van der Waals surface area contributed by atoms with Crippen molar-refractivity contribution in [2.45, 2.75) is 5.92 Å². The standard InChI is InChI=1S/C18H23N5O2.ClH/c1-22(2)18(25)12-4-6-14(7-5-12)21-17(24)16-10-19-9-15(16)13-8-20-23(3)11-13;/h4-8,11,15-16,19H,9-10H2,1-3H3,(H,21,24);1H/t15-,16+;/m1./s1. The molecule has 8 heteroatoms. The summed E-state index contributed by atoms with van der Waals surface area (Å²) in [5, 5.41) is 10.4. The summed E-state index contributed by atoms with van der Waals surface area (Å²) < 4.78 is 1.75. The van der Waals surface area contributed by atoms with Gasteiger partial charge in [-0.25, -0.2) is 0 Å². The minimum atomic E-state index is -0.146. The molecule has 2 amide bonds. The number of halogens is 1. The number of hydrogen-bond donors (Lipinski definition) is 2. The van der Waals surface area contributed by atoms with E-state index in [2.05, 4.69) is 15.7 Å². The van der Waals surface area contributed by atoms with E-state index in [9.17, 15) is 9.59 Å². The van der Waals surface area contributed by atoms with Gasteiger partial charge in [-0.15, -0.1) is 12.4 Å². The van der Waals surface area contributed by atoms with Gasteiger partial charge >= 0.3 is 0 Å². The van der Waals surface area contributed by atoms with Crippen LogP contribution in [0.5, 0.6) is 0 Å². The third-order valence-electron chi connectivity index (χ3n) is 4.51. The predicted molar refractivity (Wildman–Crippen MR) is 103 cm³/mol. The first-order valence-corrected chi connectivity index (χ1v) is 8.27. The van der Waals surface area contributed by atoms with Gasteiger partial charge in [0.2, 0.25) is 5.91 Å². The van der Waals surface area contributed by atoms with E-state index < -0.39 is 0 Å². The average Bonchev–Trinajstić information content (AvgIpc) is 3.23. The van der Waals surface area contributed by atoms with Gasteiger partial charge in [-0.2, -0.15) is 5.10 Å². The van der Waals surface area contributed by atoms with E-state index in [1.54, 1.807) is 43.0 Å². The second-order valence-corrected chi connectivity index (χ2v) is 6.58. The Kier molecular flexibility index (Phi) is 6.39. The molecule has 2 heterocycles. The molecule has 2 atom stereocenters. The Hall–Kier alpha value is -2.38. The number of carbonyl (C=O) groups is 2. The van der Waals surface area contributed by atoms with Gasteiger partial charge in [0.15, 0.2) is 0 Å². The zero-order valence-electron chi connectivity index (χ0n) is 15.1. The maximum absolute atomic E-state index is 12.7. The quantitative estimate of drug-likeness (QED) is 0.846. The van der Waals surface area contributed by atoms with E-state index in [1.165, 1.54) is 4.90 Å². The van der Waals surface area contributed by atoms with Gasteiger partial charge in [0.25, 0.3) is 5.91 Å². The Morgan fingerprint density at radius 1 is 1.23 bits per heavy atom. The molecule has 1 saturated heterocycles. The minimum Gasteiger partial charge on any atom is -0.345 e. The summed E-state index contributed by atoms with van der Waals surface area (Å²) >= 11 is 0. The van der Waals surface area contributed by atoms with Crippen molar-refractivity contribution in [3.63, 3.8) is 0 Å². The lowest BCUT2D eigenvalue weighted by Gasteiger charge is -2.17. The molecule has 0 aliphatic carbocycles. The number of benzene rings is 1. The number of aromatic nitrogens is 2. The summed E-state index contributed by atoms with van der Waals surface area (Å²) in [6, 6.07) is 6.97. The first-order chi connectivity index (χ1) is 12.0. The molecule has 7 nitrogen and oxygen atoms in total. The minimum absolute atomic E-state index is 0. The van der Waals surface area contributed by atoms with Crippen LogP contribution in [-0.2, 0) is 11.8 Å². The number of nitrogens with zero attached hydrogens (tertiary/aromatic N) is 3. The third-order valence-corrected chi connectivity index (χ3v) is 4.51. The number of hydrogen-bond acceptors (Lipinski definition) is 4. The molecular weight excluding hydrogens is 354 g/mol. The molecule has 1 fully saturated rings. The highest BCUT2D eigenvalue weighted by Crippen LogP contribution is 2.28. The zero-order valence-corrected chi connectivity index (χ0v) is 15.9. The smallest absolute Gasteiger partial charge is 0.253 e. The van der Waals surface area contributed by atoms with Crippen molar-refractivity contribution in [2.75, 3.05) is 32.5 Å². The summed E-state index contributed by atoms with van der Waals surface area (Å²) in [4.78, 5) is 26.1. The second kappa shape index (κ2) is 8.33. The van der Waals surface area contributed by atoms with Gasteiger partial charge in [-0.1, -0.05) is 0 Å². The van der Waals surface area contributed by atoms with E-state index in [0.717, 1.165) is 12.1 Å². The Bertz CT molecular complexity index is 772. The molecule has 0 saturated carbocycles. The maximum Gasteiger partial charge on any atom is 0.253 e. The summed E-state index contributed by atoms with van der Waals surface area (Å²) in [6.07, 6.45) is 3.78. The average molecular weight is 378 g/mol. The van der Waals surface area contributed by atoms with Crippen LogP contribution < -0.4 is 10.6 Å². The van der Waals surface area contributed by atoms with Gasteiger partial charge in [0, 0.05) is 57.6 Å². The lowest BCUT2D eigenvalue weighted by Crippen LogP contribution is -2.28. The fraction of sp³-hybridized carbons (Fsp3) is 0.389. The maximum atomic E-state index is 12.7. The Balaban J connectivity index is 0.00000243. The van der Waals surface area contributed by atoms with Gasteiger partial charge < -0.3 is 15.5 Å². The third kappa shape index (κ3) is 4.23. The molecule has 1 aromatic carbocycles. The highest BCUT2D eigenvalue weighted by atomic mass is 35.5. The molecule has 26 heavy (non-hydrogen) atoms. The number of anilines is 1. The van der Waals surface area contributed by atoms with Crippen LogP contribution in [0, 0.1) is 5.92 Å². The molecule has 140 valence electrons. The van der Waals surface area contributed by atoms with Gasteiger partial charge in [-0.05, 0) is 29.8 Å². The van der Waals surface area contributed by atoms with E-state index in [-0.39, 0.29) is 36.1 Å². The van der Waals surface area contributed by atoms with Gasteiger partial charge in [0.05, 0.1) is 12.1 Å². The topological polar surface area (TPSA) is 79.3 Å². The van der Waals surface area contributed by atoms with Gasteiger partial charge in [0.1, 0.15) is 0 Å². The monoisotopic (exact) mass is 377 g/mol. The molecule has 1 aliphatic heterocycles. The molecule has 0 bridgehead atoms. The number of nitrogens with one attached hydrogen (secondary N) is 2. The van der Waals surface area contributed by atoms with E-state index >= 15 is 0 Å². The molecule has 0 radical (unpaired) electrons. The molecule has 1 aliphatic rings. The fourth-order valence-corrected chi connectivity index (χ4v) is 3.13. The first kappa shape index (κ1) is 19.9. The summed E-state index contributed by atoms with van der Waals surface area (Å²) in [5.41, 5.74) is 2.36. The van der Waals surface area contributed by atoms with Crippen LogP contribution in [-0.4, -0.2) is 53.7 Å². The summed E-state index contributed by atoms with van der Waals surface area (Å²) in [5.74, 6) is -0.115. The summed E-state index contributed by atoms with van der Waals surface area (Å²) in [7, 11) is 5.30. The Morgan fingerprint density at radius 3 is 2.50 bits per heavy atom. The van der Waals surface area contributed by atoms with Crippen LogP contribution in [0.15, 0.2) is 36.7 Å². The highest BCUT2D eigenvalue weighted by molar-refractivity contribution is 5.96. The van der Waals surface area contributed by atoms with Crippen molar-refractivity contribution in [3.8, 4) is 0 Å². The number of rotatable bonds is 4. The predicted octanol–water partition coefficient (Wildman–Crippen LogP) is 1.49. The van der Waals surface area contributed by atoms with Crippen LogP contribution in [0.2, 0.25) is 0 Å². The second-order valence-electron chi connectivity index (χ2n) is 6.58. The van der Waals surface area contributed by atoms with Crippen LogP contribution in [0.25, 0.3) is 0 Å². The SMILES string of the molecule is CN(C)C(=O)c1ccc(NC(=O)[C@H]2CNC[C@@H]2c2cnn(C)c2)cc1.Cl. The van der Waals surface area contributed by atoms with Crippen LogP contribution in [0.3, 0.4) is 0 Å². The lowest BCUT2D eigenvalue weighted by molar-refractivity contribution is -0.119. The van der Waals surface area contributed by atoms with Crippen LogP contribution in [0.1, 0.15) is 21.8 Å². The number of amides is 2. The van der Waals surface area contributed by atoms with E-state index in [0.29, 0.717) is 17.8 Å². The van der Waals surface area contributed by atoms with Crippen molar-refractivity contribution >= 4 is 29.9 Å². The normalized spacial score (nSPS) is 18.9. The molecular formula is C18H24ClN5O2. The van der Waals surface area contributed by atoms with Crippen molar-refractivity contribution in [1.82, 2.24) is 20.0 Å². The molecule has 2 aromatic rings. The Labute approximate surface area is 159 Å². The van der Waals surface area contributed by atoms with Crippen LogP contribution in [0.4, 0.5) is 5.69 Å². The highest BCUT2D eigenvalue weighted by Gasteiger charge is 2.34. The number of carbonyl (C=O) groups excluding carboxylic acids is 2. The van der Waals surface area contributed by atoms with Crippen molar-refractivity contribution < 1.29 is 9.59 Å². The van der Waals surface area contributed by atoms with Crippen molar-refractivity contribution in [3.05, 3.63) is 47.8 Å². The molecule has 0 spiro atoms. The first-order valence-electron chi connectivity index (χ1n) is 8.27. The van der Waals surface area contributed by atoms with Crippen LogP contribution >= 0.6 is 12.4 Å². The van der Waals surface area contributed by atoms with E-state index in [1.807, 2.05) is 19.4 Å². The Morgan fingerprint density at radius 2 is 1.92 bits per heavy atom. The van der Waals surface area contributed by atoms with Crippen molar-refractivity contribution in [1.29, 1.82) is 0 Å². The van der Waals surface area contributed by atoms with Gasteiger partial charge in [-0.3, -0.25) is 14.3 Å². The fourth-order valence-electron chi connectivity index (χ4n) is 3.13. The lowest BCUT2D eigenvalue weighted by atomic mass is 9.90. The molecule has 1 aromatic heterocycles. The zero-order chi connectivity index (χ0) is 18.0. The molecule has 0 unspecified atom stereocenters. The molecule has 3 rings (SSSR count). The largest absolute Gasteiger partial charge is 0.345 e. The number of aryl methyl sites for hydroxylation is 1.